The molecule has 2 aromatic rings. The zero-order valence-electron chi connectivity index (χ0n) is 15.0. The van der Waals surface area contributed by atoms with Crippen molar-refractivity contribution in [3.63, 3.8) is 0 Å². The predicted octanol–water partition coefficient (Wildman–Crippen LogP) is 3.76. The molecule has 144 valence electrons. The summed E-state index contributed by atoms with van der Waals surface area (Å²) in [7, 11) is -4.05. The molecule has 0 radical (unpaired) electrons. The van der Waals surface area contributed by atoms with Crippen LogP contribution >= 0.6 is 0 Å². The van der Waals surface area contributed by atoms with Crippen LogP contribution in [0, 0.1) is 24.5 Å². The van der Waals surface area contributed by atoms with Gasteiger partial charge in [-0.05, 0) is 44.5 Å². The molecule has 7 heteroatoms. The van der Waals surface area contributed by atoms with E-state index in [-0.39, 0.29) is 35.8 Å². The Morgan fingerprint density at radius 3 is 2.44 bits per heavy atom. The maximum absolute atomic E-state index is 15.0. The first-order chi connectivity index (χ1) is 12.8. The van der Waals surface area contributed by atoms with Gasteiger partial charge in [0.25, 0.3) is 0 Å². The highest BCUT2D eigenvalue weighted by Crippen LogP contribution is 2.55. The number of sulfone groups is 1. The molecule has 2 aliphatic heterocycles. The number of benzene rings is 2. The lowest BCUT2D eigenvalue weighted by Crippen LogP contribution is -2.56. The van der Waals surface area contributed by atoms with Crippen LogP contribution < -0.4 is 4.74 Å². The highest BCUT2D eigenvalue weighted by molar-refractivity contribution is 7.92. The molecule has 0 N–H and O–H groups in total. The molecule has 2 aromatic carbocycles. The van der Waals surface area contributed by atoms with Gasteiger partial charge in [-0.3, -0.25) is 0 Å². The first-order valence-electron chi connectivity index (χ1n) is 8.83. The van der Waals surface area contributed by atoms with Crippen molar-refractivity contribution in [3.05, 3.63) is 59.2 Å². The van der Waals surface area contributed by atoms with E-state index in [1.54, 1.807) is 19.1 Å². The van der Waals surface area contributed by atoms with Gasteiger partial charge < -0.3 is 9.47 Å². The van der Waals surface area contributed by atoms with E-state index in [1.165, 1.54) is 12.1 Å². The van der Waals surface area contributed by atoms with Crippen LogP contribution in [0.1, 0.15) is 24.5 Å². The van der Waals surface area contributed by atoms with Gasteiger partial charge in [0, 0.05) is 12.5 Å². The lowest BCUT2D eigenvalue weighted by atomic mass is 9.76. The summed E-state index contributed by atoms with van der Waals surface area (Å²) in [5, 5.41) is 0. The Morgan fingerprint density at radius 1 is 1.07 bits per heavy atom. The Morgan fingerprint density at radius 2 is 1.74 bits per heavy atom. The second kappa shape index (κ2) is 6.27. The highest BCUT2D eigenvalue weighted by Gasteiger charge is 2.60. The van der Waals surface area contributed by atoms with E-state index in [0.717, 1.165) is 17.7 Å². The summed E-state index contributed by atoms with van der Waals surface area (Å²) in [5.41, 5.74) is 0.697. The fraction of sp³-hybridized carbons (Fsp3) is 0.400. The second-order valence-corrected chi connectivity index (χ2v) is 9.39. The molecule has 2 aliphatic rings. The second-order valence-electron chi connectivity index (χ2n) is 7.18. The summed E-state index contributed by atoms with van der Waals surface area (Å²) >= 11 is 0. The van der Waals surface area contributed by atoms with Crippen molar-refractivity contribution < 1.29 is 26.7 Å². The third-order valence-electron chi connectivity index (χ3n) is 5.72. The summed E-state index contributed by atoms with van der Waals surface area (Å²) < 4.78 is 66.5. The number of hydrogen-bond donors (Lipinski definition) is 0. The lowest BCUT2D eigenvalue weighted by molar-refractivity contribution is -0.0626. The molecule has 0 bridgehead atoms. The number of halogens is 2. The van der Waals surface area contributed by atoms with Gasteiger partial charge in [-0.2, -0.15) is 0 Å². The van der Waals surface area contributed by atoms with Gasteiger partial charge in [-0.25, -0.2) is 17.2 Å². The van der Waals surface area contributed by atoms with E-state index >= 15 is 0 Å². The first kappa shape index (κ1) is 18.4. The number of rotatable bonds is 2. The predicted molar refractivity (Wildman–Crippen MR) is 95.4 cm³/mol. The van der Waals surface area contributed by atoms with E-state index in [9.17, 15) is 17.2 Å². The largest absolute Gasteiger partial charge is 0.490 e. The van der Waals surface area contributed by atoms with Crippen LogP contribution in [0.5, 0.6) is 5.75 Å². The summed E-state index contributed by atoms with van der Waals surface area (Å²) in [6, 6.07) is 8.36. The Kier molecular flexibility index (Phi) is 4.27. The van der Waals surface area contributed by atoms with E-state index < -0.39 is 38.2 Å². The molecule has 4 rings (SSSR count). The molecule has 0 amide bonds. The van der Waals surface area contributed by atoms with Crippen LogP contribution in [0.3, 0.4) is 0 Å². The maximum Gasteiger partial charge on any atom is 0.189 e. The minimum Gasteiger partial charge on any atom is -0.490 e. The normalized spacial score (nSPS) is 27.4. The van der Waals surface area contributed by atoms with Crippen molar-refractivity contribution in [1.29, 1.82) is 0 Å². The molecule has 0 spiro atoms. The van der Waals surface area contributed by atoms with Crippen LogP contribution in [-0.2, 0) is 19.3 Å². The molecule has 0 aliphatic carbocycles. The van der Waals surface area contributed by atoms with E-state index in [2.05, 4.69) is 0 Å². The summed E-state index contributed by atoms with van der Waals surface area (Å²) in [6.07, 6.45) is -0.440. The van der Waals surface area contributed by atoms with Crippen molar-refractivity contribution in [1.82, 2.24) is 0 Å². The van der Waals surface area contributed by atoms with E-state index in [4.69, 9.17) is 9.47 Å². The third kappa shape index (κ3) is 2.51. The van der Waals surface area contributed by atoms with Crippen molar-refractivity contribution in [2.45, 2.75) is 36.0 Å². The van der Waals surface area contributed by atoms with Crippen LogP contribution in [-0.4, -0.2) is 27.7 Å². The lowest BCUT2D eigenvalue weighted by Gasteiger charge is -2.49. The third-order valence-corrected chi connectivity index (χ3v) is 8.28. The van der Waals surface area contributed by atoms with Crippen molar-refractivity contribution in [2.75, 3.05) is 13.2 Å². The van der Waals surface area contributed by atoms with Gasteiger partial charge in [0.05, 0.1) is 23.2 Å². The quantitative estimate of drug-likeness (QED) is 0.778. The Bertz CT molecular complexity index is 988. The Hall–Kier alpha value is -1.99. The van der Waals surface area contributed by atoms with Crippen molar-refractivity contribution in [2.24, 2.45) is 5.92 Å². The SMILES string of the molecule is Cc1ccc(S(=O)(=O)C23CCOC(C)[C@H]2COc2c(F)ccc(F)c23)cc1. The fourth-order valence-electron chi connectivity index (χ4n) is 4.30. The fourth-order valence-corrected chi connectivity index (χ4v) is 6.68. The first-order valence-corrected chi connectivity index (χ1v) is 10.3. The molecule has 2 unspecified atom stereocenters. The number of fused-ring (bicyclic) bond motifs is 3. The molecule has 1 saturated heterocycles. The zero-order valence-corrected chi connectivity index (χ0v) is 15.9. The van der Waals surface area contributed by atoms with Gasteiger partial charge >= 0.3 is 0 Å². The van der Waals surface area contributed by atoms with Crippen LogP contribution in [0.4, 0.5) is 8.78 Å². The Balaban J connectivity index is 2.04. The van der Waals surface area contributed by atoms with E-state index in [1.807, 2.05) is 6.92 Å². The minimum absolute atomic E-state index is 0.0367. The molecule has 0 aromatic heterocycles. The maximum atomic E-state index is 15.0. The average Bonchev–Trinajstić information content (AvgIpc) is 2.64. The van der Waals surface area contributed by atoms with Crippen LogP contribution in [0.2, 0.25) is 0 Å². The monoisotopic (exact) mass is 394 g/mol. The topological polar surface area (TPSA) is 52.6 Å². The number of aryl methyl sites for hydroxylation is 1. The van der Waals surface area contributed by atoms with Crippen molar-refractivity contribution >= 4 is 9.84 Å². The molecule has 1 fully saturated rings. The number of hydrogen-bond acceptors (Lipinski definition) is 4. The zero-order chi connectivity index (χ0) is 19.4. The minimum atomic E-state index is -4.05. The van der Waals surface area contributed by atoms with Crippen LogP contribution in [0.25, 0.3) is 0 Å². The number of ether oxygens (including phenoxy) is 2. The van der Waals surface area contributed by atoms with Crippen LogP contribution in [0.15, 0.2) is 41.3 Å². The Labute approximate surface area is 157 Å². The van der Waals surface area contributed by atoms with Gasteiger partial charge in [-0.1, -0.05) is 17.7 Å². The molecule has 4 nitrogen and oxygen atoms in total. The van der Waals surface area contributed by atoms with E-state index in [0.29, 0.717) is 0 Å². The standard InChI is InChI=1S/C20H20F2O4S/c1-12-3-5-14(6-4-12)27(23,24)20-9-10-25-13(2)15(20)11-26-19-17(22)8-7-16(21)18(19)20/h3-8,13,15H,9-11H2,1-2H3/t13?,15-,20?/m1/s1. The highest BCUT2D eigenvalue weighted by atomic mass is 32.2. The molecule has 0 saturated carbocycles. The molecule has 2 heterocycles. The summed E-state index contributed by atoms with van der Waals surface area (Å²) in [6.45, 7) is 3.68. The van der Waals surface area contributed by atoms with Crippen molar-refractivity contribution in [3.8, 4) is 5.75 Å². The molecule has 3 atom stereocenters. The molecule has 27 heavy (non-hydrogen) atoms. The van der Waals surface area contributed by atoms with Gasteiger partial charge in [0.2, 0.25) is 0 Å². The average molecular weight is 394 g/mol. The smallest absolute Gasteiger partial charge is 0.189 e. The summed E-state index contributed by atoms with van der Waals surface area (Å²) in [5.74, 6) is -2.50. The summed E-state index contributed by atoms with van der Waals surface area (Å²) in [4.78, 5) is 0.0868. The van der Waals surface area contributed by atoms with Gasteiger partial charge in [-0.15, -0.1) is 0 Å². The van der Waals surface area contributed by atoms with Gasteiger partial charge in [0.1, 0.15) is 10.6 Å². The molecular weight excluding hydrogens is 374 g/mol. The molecular formula is C20H20F2O4S. The van der Waals surface area contributed by atoms with Gasteiger partial charge in [0.15, 0.2) is 21.4 Å².